The summed E-state index contributed by atoms with van der Waals surface area (Å²) < 4.78 is 56.9. The van der Waals surface area contributed by atoms with Crippen LogP contribution in [0.15, 0.2) is 18.2 Å². The fourth-order valence-electron chi connectivity index (χ4n) is 2.36. The van der Waals surface area contributed by atoms with E-state index < -0.39 is 17.6 Å². The molecular formula is C14H18F4N2O. The molecule has 1 saturated heterocycles. The number of rotatable bonds is 3. The van der Waals surface area contributed by atoms with Gasteiger partial charge < -0.3 is 10.5 Å². The van der Waals surface area contributed by atoms with Crippen molar-refractivity contribution >= 4 is 0 Å². The summed E-state index contributed by atoms with van der Waals surface area (Å²) in [4.78, 5) is 1.92. The van der Waals surface area contributed by atoms with Crippen molar-refractivity contribution in [3.8, 4) is 0 Å². The Bertz CT molecular complexity index is 490. The molecule has 1 fully saturated rings. The maximum absolute atomic E-state index is 13.4. The van der Waals surface area contributed by atoms with E-state index in [1.165, 1.54) is 0 Å². The van der Waals surface area contributed by atoms with Crippen molar-refractivity contribution in [1.82, 2.24) is 4.90 Å². The average Bonchev–Trinajstić information content (AvgIpc) is 2.37. The van der Waals surface area contributed by atoms with Gasteiger partial charge in [-0.1, -0.05) is 0 Å². The van der Waals surface area contributed by atoms with Gasteiger partial charge in [0.05, 0.1) is 18.3 Å². The molecule has 2 rings (SSSR count). The van der Waals surface area contributed by atoms with Crippen LogP contribution in [-0.2, 0) is 17.5 Å². The lowest BCUT2D eigenvalue weighted by atomic mass is 10.1. The van der Waals surface area contributed by atoms with E-state index in [0.29, 0.717) is 31.3 Å². The summed E-state index contributed by atoms with van der Waals surface area (Å²) >= 11 is 0. The molecule has 1 heterocycles. The summed E-state index contributed by atoms with van der Waals surface area (Å²) in [7, 11) is 0. The van der Waals surface area contributed by atoms with Crippen molar-refractivity contribution < 1.29 is 22.3 Å². The first-order valence-electron chi connectivity index (χ1n) is 6.72. The summed E-state index contributed by atoms with van der Waals surface area (Å²) in [5.74, 6) is -0.878. The van der Waals surface area contributed by atoms with Crippen molar-refractivity contribution in [1.29, 1.82) is 0 Å². The topological polar surface area (TPSA) is 38.5 Å². The monoisotopic (exact) mass is 306 g/mol. The van der Waals surface area contributed by atoms with Crippen molar-refractivity contribution in [2.24, 2.45) is 5.73 Å². The quantitative estimate of drug-likeness (QED) is 0.872. The van der Waals surface area contributed by atoms with Crippen molar-refractivity contribution in [2.75, 3.05) is 19.7 Å². The van der Waals surface area contributed by atoms with Crippen LogP contribution in [0.2, 0.25) is 0 Å². The Kier molecular flexibility index (Phi) is 4.85. The fourth-order valence-corrected chi connectivity index (χ4v) is 2.36. The van der Waals surface area contributed by atoms with Crippen LogP contribution in [0.25, 0.3) is 0 Å². The fraction of sp³-hybridized carbons (Fsp3) is 0.571. The molecule has 21 heavy (non-hydrogen) atoms. The number of halogens is 4. The van der Waals surface area contributed by atoms with E-state index in [0.717, 1.165) is 12.1 Å². The molecule has 1 aromatic rings. The molecule has 0 saturated carbocycles. The molecule has 3 nitrogen and oxygen atoms in total. The van der Waals surface area contributed by atoms with Gasteiger partial charge in [0, 0.05) is 25.7 Å². The predicted octanol–water partition coefficient (Wildman–Crippen LogP) is 2.39. The van der Waals surface area contributed by atoms with Gasteiger partial charge >= 0.3 is 6.18 Å². The predicted molar refractivity (Wildman–Crippen MR) is 70.1 cm³/mol. The maximum Gasteiger partial charge on any atom is 0.416 e. The number of nitrogens with two attached hydrogens (primary N) is 1. The number of benzene rings is 1. The van der Waals surface area contributed by atoms with E-state index in [1.54, 1.807) is 0 Å². The second-order valence-corrected chi connectivity index (χ2v) is 5.35. The summed E-state index contributed by atoms with van der Waals surface area (Å²) in [5, 5.41) is 0. The van der Waals surface area contributed by atoms with E-state index in [4.69, 9.17) is 10.5 Å². The minimum absolute atomic E-state index is 0.158. The first-order valence-corrected chi connectivity index (χ1v) is 6.72. The molecule has 0 aliphatic carbocycles. The standard InChI is InChI=1S/C14H18F4N2O/c1-9(19)13-8-20(2-3-21-13)7-10-4-11(14(16,17)18)6-12(15)5-10/h4-6,9,13H,2-3,7-8,19H2,1H3/t9-,13-/m1/s1. The molecule has 1 aliphatic heterocycles. The molecule has 0 bridgehead atoms. The zero-order chi connectivity index (χ0) is 15.6. The maximum atomic E-state index is 13.4. The van der Waals surface area contributed by atoms with Crippen molar-refractivity contribution in [3.63, 3.8) is 0 Å². The first kappa shape index (κ1) is 16.2. The Balaban J connectivity index is 2.10. The van der Waals surface area contributed by atoms with Crippen LogP contribution in [0.4, 0.5) is 17.6 Å². The van der Waals surface area contributed by atoms with E-state index in [2.05, 4.69) is 0 Å². The highest BCUT2D eigenvalue weighted by Gasteiger charge is 2.31. The highest BCUT2D eigenvalue weighted by atomic mass is 19.4. The zero-order valence-corrected chi connectivity index (χ0v) is 11.7. The molecule has 0 amide bonds. The highest BCUT2D eigenvalue weighted by Crippen LogP contribution is 2.30. The number of alkyl halides is 3. The third-order valence-electron chi connectivity index (χ3n) is 3.46. The van der Waals surface area contributed by atoms with Gasteiger partial charge in [-0.25, -0.2) is 4.39 Å². The van der Waals surface area contributed by atoms with E-state index in [9.17, 15) is 17.6 Å². The second-order valence-electron chi connectivity index (χ2n) is 5.35. The smallest absolute Gasteiger partial charge is 0.374 e. The Morgan fingerprint density at radius 3 is 2.71 bits per heavy atom. The van der Waals surface area contributed by atoms with Crippen LogP contribution in [0.1, 0.15) is 18.1 Å². The average molecular weight is 306 g/mol. The number of ether oxygens (including phenoxy) is 1. The molecule has 118 valence electrons. The molecule has 2 atom stereocenters. The summed E-state index contributed by atoms with van der Waals surface area (Å²) in [6.45, 7) is 3.63. The van der Waals surface area contributed by atoms with Crippen LogP contribution in [-0.4, -0.2) is 36.7 Å². The Morgan fingerprint density at radius 2 is 2.10 bits per heavy atom. The molecule has 0 spiro atoms. The lowest BCUT2D eigenvalue weighted by Crippen LogP contribution is -2.49. The lowest BCUT2D eigenvalue weighted by molar-refractivity contribution is -0.137. The zero-order valence-electron chi connectivity index (χ0n) is 11.7. The van der Waals surface area contributed by atoms with Crippen LogP contribution in [0.3, 0.4) is 0 Å². The van der Waals surface area contributed by atoms with Crippen LogP contribution >= 0.6 is 0 Å². The molecule has 7 heteroatoms. The Labute approximate surface area is 120 Å². The number of nitrogens with zero attached hydrogens (tertiary/aromatic N) is 1. The van der Waals surface area contributed by atoms with E-state index in [1.807, 2.05) is 11.8 Å². The Hall–Kier alpha value is -1.18. The minimum atomic E-state index is -4.55. The van der Waals surface area contributed by atoms with Gasteiger partial charge in [-0.2, -0.15) is 13.2 Å². The molecule has 1 aromatic carbocycles. The third kappa shape index (κ3) is 4.39. The lowest BCUT2D eigenvalue weighted by Gasteiger charge is -2.34. The van der Waals surface area contributed by atoms with Gasteiger partial charge in [0.15, 0.2) is 0 Å². The van der Waals surface area contributed by atoms with Crippen molar-refractivity contribution in [2.45, 2.75) is 31.8 Å². The molecule has 1 aliphatic rings. The molecular weight excluding hydrogens is 288 g/mol. The molecule has 0 radical (unpaired) electrons. The van der Waals surface area contributed by atoms with Crippen LogP contribution < -0.4 is 5.73 Å². The third-order valence-corrected chi connectivity index (χ3v) is 3.46. The normalized spacial score (nSPS) is 22.3. The summed E-state index contributed by atoms with van der Waals surface area (Å²) in [5.41, 5.74) is 5.10. The summed E-state index contributed by atoms with van der Waals surface area (Å²) in [6.07, 6.45) is -4.70. The van der Waals surface area contributed by atoms with Gasteiger partial charge in [0.2, 0.25) is 0 Å². The molecule has 0 unspecified atom stereocenters. The van der Waals surface area contributed by atoms with Gasteiger partial charge in [0.25, 0.3) is 0 Å². The van der Waals surface area contributed by atoms with Crippen molar-refractivity contribution in [3.05, 3.63) is 35.1 Å². The minimum Gasteiger partial charge on any atom is -0.374 e. The van der Waals surface area contributed by atoms with Crippen LogP contribution in [0.5, 0.6) is 0 Å². The van der Waals surface area contributed by atoms with Gasteiger partial charge in [-0.3, -0.25) is 4.90 Å². The SMILES string of the molecule is C[C@@H](N)[C@H]1CN(Cc2cc(F)cc(C(F)(F)F)c2)CCO1. The second kappa shape index (κ2) is 6.29. The van der Waals surface area contributed by atoms with E-state index >= 15 is 0 Å². The number of morpholine rings is 1. The van der Waals surface area contributed by atoms with E-state index in [-0.39, 0.29) is 18.7 Å². The van der Waals surface area contributed by atoms with Gasteiger partial charge in [0.1, 0.15) is 5.82 Å². The molecule has 0 aromatic heterocycles. The highest BCUT2D eigenvalue weighted by molar-refractivity contribution is 5.26. The number of hydrogen-bond donors (Lipinski definition) is 1. The van der Waals surface area contributed by atoms with Crippen LogP contribution in [0, 0.1) is 5.82 Å². The number of hydrogen-bond acceptors (Lipinski definition) is 3. The Morgan fingerprint density at radius 1 is 1.38 bits per heavy atom. The largest absolute Gasteiger partial charge is 0.416 e. The first-order chi connectivity index (χ1) is 9.75. The van der Waals surface area contributed by atoms with Gasteiger partial charge in [-0.15, -0.1) is 0 Å². The summed E-state index contributed by atoms with van der Waals surface area (Å²) in [6, 6.07) is 2.46. The molecule has 2 N–H and O–H groups in total. The van der Waals surface area contributed by atoms with Gasteiger partial charge in [-0.05, 0) is 30.7 Å².